The fourth-order valence-corrected chi connectivity index (χ4v) is 2.38. The van der Waals surface area contributed by atoms with Crippen LogP contribution in [0.5, 0.6) is 0 Å². The number of hydrogen-bond donors (Lipinski definition) is 1. The van der Waals surface area contributed by atoms with Gasteiger partial charge in [0.25, 0.3) is 0 Å². The van der Waals surface area contributed by atoms with E-state index in [-0.39, 0.29) is 23.7 Å². The van der Waals surface area contributed by atoms with E-state index in [0.717, 1.165) is 18.7 Å². The zero-order valence-corrected chi connectivity index (χ0v) is 11.9. The Morgan fingerprint density at radius 3 is 2.48 bits per heavy atom. The van der Waals surface area contributed by atoms with E-state index in [1.165, 1.54) is 12.1 Å². The molecule has 0 radical (unpaired) electrons. The van der Waals surface area contributed by atoms with Gasteiger partial charge in [0.1, 0.15) is 17.5 Å². The highest BCUT2D eigenvalue weighted by molar-refractivity contribution is 5.27. The lowest BCUT2D eigenvalue weighted by atomic mass is 9.91. The summed E-state index contributed by atoms with van der Waals surface area (Å²) >= 11 is 0. The molecule has 1 unspecified atom stereocenters. The molecule has 2 rings (SSSR count). The Bertz CT molecular complexity index is 598. The molecular formula is C17H18F3N. The summed E-state index contributed by atoms with van der Waals surface area (Å²) in [6.45, 7) is 3.19. The smallest absolute Gasteiger partial charge is 0.126 e. The van der Waals surface area contributed by atoms with Crippen LogP contribution >= 0.6 is 0 Å². The molecule has 2 aromatic carbocycles. The minimum absolute atomic E-state index is 0.248. The van der Waals surface area contributed by atoms with Gasteiger partial charge in [0.2, 0.25) is 0 Å². The van der Waals surface area contributed by atoms with Crippen molar-refractivity contribution in [3.8, 4) is 0 Å². The summed E-state index contributed by atoms with van der Waals surface area (Å²) in [5.41, 5.74) is 0.781. The largest absolute Gasteiger partial charge is 0.316 e. The van der Waals surface area contributed by atoms with Gasteiger partial charge in [-0.1, -0.05) is 25.1 Å². The van der Waals surface area contributed by atoms with Crippen LogP contribution in [0, 0.1) is 17.5 Å². The highest BCUT2D eigenvalue weighted by Gasteiger charge is 2.18. The van der Waals surface area contributed by atoms with E-state index in [9.17, 15) is 13.2 Å². The standard InChI is InChI=1S/C17H18F3N/c1-2-21-11-13(15-5-3-4-6-17(15)20)9-12-10-14(18)7-8-16(12)19/h3-8,10,13,21H,2,9,11H2,1H3. The number of likely N-dealkylation sites (N-methyl/N-ethyl adjacent to an activating group) is 1. The third-order valence-electron chi connectivity index (χ3n) is 3.46. The lowest BCUT2D eigenvalue weighted by molar-refractivity contribution is 0.526. The third kappa shape index (κ3) is 4.08. The molecule has 112 valence electrons. The molecule has 0 fully saturated rings. The molecule has 4 heteroatoms. The predicted molar refractivity (Wildman–Crippen MR) is 77.7 cm³/mol. The Balaban J connectivity index is 2.28. The van der Waals surface area contributed by atoms with Gasteiger partial charge in [0.15, 0.2) is 0 Å². The lowest BCUT2D eigenvalue weighted by Crippen LogP contribution is -2.23. The van der Waals surface area contributed by atoms with Gasteiger partial charge in [-0.15, -0.1) is 0 Å². The first kappa shape index (κ1) is 15.6. The lowest BCUT2D eigenvalue weighted by Gasteiger charge is -2.19. The van der Waals surface area contributed by atoms with Crippen molar-refractivity contribution in [3.63, 3.8) is 0 Å². The van der Waals surface area contributed by atoms with Crippen molar-refractivity contribution in [2.45, 2.75) is 19.3 Å². The molecule has 0 aliphatic carbocycles. The molecule has 0 heterocycles. The highest BCUT2D eigenvalue weighted by atomic mass is 19.1. The Labute approximate surface area is 122 Å². The van der Waals surface area contributed by atoms with Crippen LogP contribution in [0.3, 0.4) is 0 Å². The second-order valence-electron chi connectivity index (χ2n) is 4.97. The molecule has 0 bridgehead atoms. The van der Waals surface area contributed by atoms with Crippen LogP contribution in [0.25, 0.3) is 0 Å². The van der Waals surface area contributed by atoms with E-state index >= 15 is 0 Å². The second kappa shape index (κ2) is 7.27. The molecule has 2 aromatic rings. The van der Waals surface area contributed by atoms with Crippen molar-refractivity contribution >= 4 is 0 Å². The molecule has 0 spiro atoms. The number of hydrogen-bond acceptors (Lipinski definition) is 1. The zero-order valence-electron chi connectivity index (χ0n) is 11.9. The maximum absolute atomic E-state index is 14.0. The summed E-state index contributed by atoms with van der Waals surface area (Å²) in [6.07, 6.45) is 0.248. The summed E-state index contributed by atoms with van der Waals surface area (Å²) in [4.78, 5) is 0. The first-order chi connectivity index (χ1) is 10.1. The Morgan fingerprint density at radius 1 is 1.00 bits per heavy atom. The van der Waals surface area contributed by atoms with Crippen LogP contribution in [0.1, 0.15) is 24.0 Å². The molecule has 21 heavy (non-hydrogen) atoms. The van der Waals surface area contributed by atoms with Crippen molar-refractivity contribution in [2.24, 2.45) is 0 Å². The van der Waals surface area contributed by atoms with Crippen LogP contribution in [-0.4, -0.2) is 13.1 Å². The summed E-state index contributed by atoms with van der Waals surface area (Å²) < 4.78 is 41.0. The molecule has 0 aliphatic heterocycles. The zero-order chi connectivity index (χ0) is 15.2. The molecule has 0 saturated carbocycles. The second-order valence-corrected chi connectivity index (χ2v) is 4.97. The third-order valence-corrected chi connectivity index (χ3v) is 3.46. The Kier molecular flexibility index (Phi) is 5.39. The van der Waals surface area contributed by atoms with Crippen LogP contribution < -0.4 is 5.32 Å². The fourth-order valence-electron chi connectivity index (χ4n) is 2.38. The number of rotatable bonds is 6. The molecule has 0 aliphatic rings. The number of benzene rings is 2. The molecule has 0 saturated heterocycles. The van der Waals surface area contributed by atoms with E-state index in [1.807, 2.05) is 6.92 Å². The quantitative estimate of drug-likeness (QED) is 0.847. The minimum Gasteiger partial charge on any atom is -0.316 e. The Hall–Kier alpha value is -1.81. The maximum atomic E-state index is 14.0. The van der Waals surface area contributed by atoms with E-state index in [1.54, 1.807) is 18.2 Å². The molecular weight excluding hydrogens is 275 g/mol. The van der Waals surface area contributed by atoms with Crippen LogP contribution in [-0.2, 0) is 6.42 Å². The minimum atomic E-state index is -0.484. The summed E-state index contributed by atoms with van der Waals surface area (Å²) in [7, 11) is 0. The first-order valence-corrected chi connectivity index (χ1v) is 7.01. The molecule has 0 aromatic heterocycles. The first-order valence-electron chi connectivity index (χ1n) is 7.01. The van der Waals surface area contributed by atoms with Crippen molar-refractivity contribution in [3.05, 3.63) is 71.0 Å². The summed E-state index contributed by atoms with van der Waals surface area (Å²) in [6, 6.07) is 9.81. The van der Waals surface area contributed by atoms with Crippen LogP contribution in [0.15, 0.2) is 42.5 Å². The van der Waals surface area contributed by atoms with Gasteiger partial charge >= 0.3 is 0 Å². The molecule has 1 atom stereocenters. The van der Waals surface area contributed by atoms with Gasteiger partial charge in [0, 0.05) is 12.5 Å². The van der Waals surface area contributed by atoms with Crippen molar-refractivity contribution < 1.29 is 13.2 Å². The van der Waals surface area contributed by atoms with Crippen molar-refractivity contribution in [1.29, 1.82) is 0 Å². The van der Waals surface area contributed by atoms with Crippen molar-refractivity contribution in [1.82, 2.24) is 5.32 Å². The van der Waals surface area contributed by atoms with Gasteiger partial charge < -0.3 is 5.32 Å². The molecule has 1 nitrogen and oxygen atoms in total. The Morgan fingerprint density at radius 2 is 1.76 bits per heavy atom. The number of nitrogens with one attached hydrogen (secondary N) is 1. The van der Waals surface area contributed by atoms with Crippen molar-refractivity contribution in [2.75, 3.05) is 13.1 Å². The molecule has 1 N–H and O–H groups in total. The highest BCUT2D eigenvalue weighted by Crippen LogP contribution is 2.24. The van der Waals surface area contributed by atoms with Crippen LogP contribution in [0.4, 0.5) is 13.2 Å². The molecule has 0 amide bonds. The average Bonchev–Trinajstić information content (AvgIpc) is 2.48. The van der Waals surface area contributed by atoms with E-state index < -0.39 is 11.6 Å². The fraction of sp³-hybridized carbons (Fsp3) is 0.294. The SMILES string of the molecule is CCNCC(Cc1cc(F)ccc1F)c1ccccc1F. The number of halogens is 3. The van der Waals surface area contributed by atoms with Crippen LogP contribution in [0.2, 0.25) is 0 Å². The monoisotopic (exact) mass is 293 g/mol. The van der Waals surface area contributed by atoms with Gasteiger partial charge in [-0.25, -0.2) is 13.2 Å². The average molecular weight is 293 g/mol. The van der Waals surface area contributed by atoms with E-state index in [2.05, 4.69) is 5.32 Å². The van der Waals surface area contributed by atoms with Gasteiger partial charge in [-0.05, 0) is 48.4 Å². The van der Waals surface area contributed by atoms with E-state index in [0.29, 0.717) is 12.1 Å². The van der Waals surface area contributed by atoms with Gasteiger partial charge in [0.05, 0.1) is 0 Å². The topological polar surface area (TPSA) is 12.0 Å². The normalized spacial score (nSPS) is 12.4. The van der Waals surface area contributed by atoms with Gasteiger partial charge in [-0.2, -0.15) is 0 Å². The van der Waals surface area contributed by atoms with Gasteiger partial charge in [-0.3, -0.25) is 0 Å². The summed E-state index contributed by atoms with van der Waals surface area (Å²) in [5, 5.41) is 3.15. The maximum Gasteiger partial charge on any atom is 0.126 e. The summed E-state index contributed by atoms with van der Waals surface area (Å²) in [5.74, 6) is -1.52. The van der Waals surface area contributed by atoms with E-state index in [4.69, 9.17) is 0 Å². The predicted octanol–water partition coefficient (Wildman–Crippen LogP) is 4.04.